The Morgan fingerprint density at radius 2 is 1.32 bits per heavy atom. The minimum atomic E-state index is -1.98. The summed E-state index contributed by atoms with van der Waals surface area (Å²) >= 11 is 0. The lowest BCUT2D eigenvalue weighted by molar-refractivity contribution is -0.378. The zero-order valence-electron chi connectivity index (χ0n) is 45.9. The maximum atomic E-state index is 14.1. The molecule has 0 aromatic heterocycles. The van der Waals surface area contributed by atoms with E-state index in [1.54, 1.807) is 27.7 Å². The van der Waals surface area contributed by atoms with Gasteiger partial charge in [-0.3, -0.25) is 14.4 Å². The average Bonchev–Trinajstić information content (AvgIpc) is 3.38. The highest BCUT2D eigenvalue weighted by Gasteiger charge is 2.60. The van der Waals surface area contributed by atoms with E-state index in [0.717, 1.165) is 57.4 Å². The number of fused-ring (bicyclic) bond motifs is 5. The molecule has 2 unspecified atom stereocenters. The number of ether oxygens (including phenoxy) is 11. The number of hydrogen-bond donors (Lipinski definition) is 7. The summed E-state index contributed by atoms with van der Waals surface area (Å²) in [7, 11) is 0. The molecule has 0 spiro atoms. The summed E-state index contributed by atoms with van der Waals surface area (Å²) in [6.07, 6.45) is -18.9. The van der Waals surface area contributed by atoms with E-state index in [-0.39, 0.29) is 12.5 Å². The average molecular weight is 1090 g/mol. The number of aliphatic hydroxyl groups is 7. The van der Waals surface area contributed by atoms with Gasteiger partial charge in [-0.25, -0.2) is 4.79 Å². The van der Waals surface area contributed by atoms with Crippen LogP contribution in [0.1, 0.15) is 152 Å². The van der Waals surface area contributed by atoms with Gasteiger partial charge in [0.25, 0.3) is 0 Å². The molecule has 5 fully saturated rings. The van der Waals surface area contributed by atoms with Crippen LogP contribution in [0.15, 0.2) is 12.2 Å². The Balaban J connectivity index is 1.62. The molecule has 76 heavy (non-hydrogen) atoms. The molecule has 438 valence electrons. The van der Waals surface area contributed by atoms with Gasteiger partial charge in [-0.15, -0.1) is 0 Å². The van der Waals surface area contributed by atoms with Crippen molar-refractivity contribution in [3.63, 3.8) is 0 Å². The third-order valence-electron chi connectivity index (χ3n) is 15.5. The first-order valence-electron chi connectivity index (χ1n) is 27.9. The van der Waals surface area contributed by atoms with E-state index in [2.05, 4.69) is 6.92 Å². The number of carbonyl (C=O) groups is 4. The minimum Gasteiger partial charge on any atom is -0.463 e. The van der Waals surface area contributed by atoms with Crippen LogP contribution in [0.25, 0.3) is 0 Å². The molecule has 0 amide bonds. The standard InChI is InChI=1S/C54H90O22/c1-10-13-19-23-33-24-20-17-15-14-16-18-21-25-36(57)73-48-45(75-53-43(63)42(62)44(31(8)68-53)72-35(56)22-11-2)32(9)69-54(49(48)74-50(64)27(4)12-3)76-47-41(61)39(59)34(26-66-51(65)28(5)29(6)55)71-46(47)37-40(60)38(58)30(7)67-52(37)70-33/h11,22,27-34,37-49,52-55,58-63H,10,12-21,23-26H2,1-9H3/b22-11+/t27?,28-,29-,30+,31+,32-,33?,34+,37-,38+,39+,40+,41-,42+,43+,44+,45-,46-,47+,48+,49+,52-,53-,54-/m0/s1. The Morgan fingerprint density at radius 3 is 1.97 bits per heavy atom. The molecule has 0 aromatic carbocycles. The van der Waals surface area contributed by atoms with Gasteiger partial charge in [-0.1, -0.05) is 84.6 Å². The summed E-state index contributed by atoms with van der Waals surface area (Å²) in [6.45, 7) is 13.8. The second-order valence-corrected chi connectivity index (χ2v) is 21.5. The van der Waals surface area contributed by atoms with Crippen molar-refractivity contribution in [2.24, 2.45) is 17.8 Å². The van der Waals surface area contributed by atoms with Crippen LogP contribution in [-0.4, -0.2) is 195 Å². The Bertz CT molecular complexity index is 1820. The second-order valence-electron chi connectivity index (χ2n) is 21.5. The van der Waals surface area contributed by atoms with Crippen molar-refractivity contribution in [1.29, 1.82) is 0 Å². The summed E-state index contributed by atoms with van der Waals surface area (Å²) in [6, 6.07) is 0. The number of aliphatic hydroxyl groups excluding tert-OH is 7. The quantitative estimate of drug-likeness (QED) is 0.0537. The molecule has 5 heterocycles. The monoisotopic (exact) mass is 1090 g/mol. The highest BCUT2D eigenvalue weighted by Crippen LogP contribution is 2.41. The molecule has 5 rings (SSSR count). The van der Waals surface area contributed by atoms with Gasteiger partial charge < -0.3 is 87.9 Å². The van der Waals surface area contributed by atoms with E-state index in [1.807, 2.05) is 0 Å². The van der Waals surface area contributed by atoms with Crippen LogP contribution in [-0.2, 0) is 71.3 Å². The lowest BCUT2D eigenvalue weighted by atomic mass is 9.80. The van der Waals surface area contributed by atoms with Crippen molar-refractivity contribution in [3.05, 3.63) is 12.2 Å². The normalized spacial score (nSPS) is 40.7. The van der Waals surface area contributed by atoms with E-state index in [1.165, 1.54) is 33.8 Å². The van der Waals surface area contributed by atoms with Crippen molar-refractivity contribution >= 4 is 23.9 Å². The SMILES string of the molecule is C/C=C/C(=O)O[C@H]1[C@H](O)[C@@H](O)[C@H](O[C@@H]2[C@H]3OC(=O)CCCCCCCCCC(CCCCC)O[C@@H]4O[C@H](C)[C@@H](O)[C@H](O)[C@H]4[C@@H]4O[C@H](COC(=O)[C@@H](C)[C@H](C)O)[C@@H](O)[C@H](O)[C@H]4O[C@H](O[C@H]2C)[C@@H]3OC(=O)C(C)CC)O[C@@H]1C. The van der Waals surface area contributed by atoms with Gasteiger partial charge in [0.2, 0.25) is 0 Å². The molecule has 7 N–H and O–H groups in total. The molecule has 0 aliphatic carbocycles. The Morgan fingerprint density at radius 1 is 0.658 bits per heavy atom. The van der Waals surface area contributed by atoms with E-state index in [0.29, 0.717) is 32.1 Å². The van der Waals surface area contributed by atoms with Crippen molar-refractivity contribution < 1.29 is 107 Å². The Kier molecular flexibility index (Phi) is 25.7. The fraction of sp³-hybridized carbons (Fsp3) is 0.889. The Labute approximate surface area is 447 Å². The van der Waals surface area contributed by atoms with E-state index in [9.17, 15) is 54.9 Å². The summed E-state index contributed by atoms with van der Waals surface area (Å²) in [5.74, 6) is -6.24. The topological polar surface area (TPSA) is 311 Å². The third-order valence-corrected chi connectivity index (χ3v) is 15.5. The lowest BCUT2D eigenvalue weighted by Gasteiger charge is -2.52. The molecular weight excluding hydrogens is 1000 g/mol. The van der Waals surface area contributed by atoms with E-state index >= 15 is 0 Å². The number of hydrogen-bond acceptors (Lipinski definition) is 22. The summed E-state index contributed by atoms with van der Waals surface area (Å²) < 4.78 is 68.7. The number of esters is 4. The molecule has 24 atom stereocenters. The summed E-state index contributed by atoms with van der Waals surface area (Å²) in [5.41, 5.74) is 0. The van der Waals surface area contributed by atoms with Crippen LogP contribution in [0, 0.1) is 17.8 Å². The number of allylic oxidation sites excluding steroid dienone is 1. The van der Waals surface area contributed by atoms with Crippen LogP contribution in [0.3, 0.4) is 0 Å². The van der Waals surface area contributed by atoms with Gasteiger partial charge in [0.1, 0.15) is 55.4 Å². The van der Waals surface area contributed by atoms with Gasteiger partial charge in [0.05, 0.1) is 60.5 Å². The highest BCUT2D eigenvalue weighted by atomic mass is 16.8. The first-order valence-corrected chi connectivity index (χ1v) is 27.9. The zero-order valence-corrected chi connectivity index (χ0v) is 45.9. The van der Waals surface area contributed by atoms with Crippen LogP contribution >= 0.6 is 0 Å². The molecular formula is C54H90O22. The molecule has 5 aliphatic rings. The van der Waals surface area contributed by atoms with Crippen molar-refractivity contribution in [2.75, 3.05) is 6.61 Å². The largest absolute Gasteiger partial charge is 0.463 e. The van der Waals surface area contributed by atoms with Gasteiger partial charge in [-0.2, -0.15) is 0 Å². The highest BCUT2D eigenvalue weighted by molar-refractivity contribution is 5.82. The van der Waals surface area contributed by atoms with Crippen molar-refractivity contribution in [3.8, 4) is 0 Å². The lowest BCUT2D eigenvalue weighted by Crippen LogP contribution is -2.70. The number of carbonyl (C=O) groups excluding carboxylic acids is 4. The smallest absolute Gasteiger partial charge is 0.330 e. The van der Waals surface area contributed by atoms with E-state index < -0.39 is 171 Å². The fourth-order valence-corrected chi connectivity index (χ4v) is 10.3. The predicted octanol–water partition coefficient (Wildman–Crippen LogP) is 2.95. The van der Waals surface area contributed by atoms with Gasteiger partial charge >= 0.3 is 23.9 Å². The molecule has 0 aromatic rings. The number of unbranched alkanes of at least 4 members (excludes halogenated alkanes) is 2. The van der Waals surface area contributed by atoms with E-state index in [4.69, 9.17) is 52.1 Å². The van der Waals surface area contributed by atoms with Gasteiger partial charge in [0, 0.05) is 12.5 Å². The molecule has 2 bridgehead atoms. The fourth-order valence-electron chi connectivity index (χ4n) is 10.3. The predicted molar refractivity (Wildman–Crippen MR) is 267 cm³/mol. The zero-order chi connectivity index (χ0) is 56.0. The molecule has 5 aliphatic heterocycles. The van der Waals surface area contributed by atoms with Gasteiger partial charge in [0.15, 0.2) is 37.2 Å². The van der Waals surface area contributed by atoms with Gasteiger partial charge in [-0.05, 0) is 67.2 Å². The van der Waals surface area contributed by atoms with Crippen LogP contribution in [0.4, 0.5) is 0 Å². The molecule has 0 radical (unpaired) electrons. The molecule has 0 saturated carbocycles. The first-order chi connectivity index (χ1) is 36.1. The van der Waals surface area contributed by atoms with Crippen LogP contribution in [0.2, 0.25) is 0 Å². The van der Waals surface area contributed by atoms with Crippen LogP contribution < -0.4 is 0 Å². The third kappa shape index (κ3) is 16.8. The molecule has 5 saturated heterocycles. The number of rotatable bonds is 15. The second kappa shape index (κ2) is 30.6. The maximum absolute atomic E-state index is 14.1. The van der Waals surface area contributed by atoms with Crippen LogP contribution in [0.5, 0.6) is 0 Å². The summed E-state index contributed by atoms with van der Waals surface area (Å²) in [5, 5.41) is 80.8. The summed E-state index contributed by atoms with van der Waals surface area (Å²) in [4.78, 5) is 53.5. The molecule has 22 nitrogen and oxygen atoms in total. The minimum absolute atomic E-state index is 0.0581. The van der Waals surface area contributed by atoms with Crippen molar-refractivity contribution in [2.45, 2.75) is 281 Å². The Hall–Kier alpha value is -2.94. The maximum Gasteiger partial charge on any atom is 0.330 e. The van der Waals surface area contributed by atoms with Crippen molar-refractivity contribution in [1.82, 2.24) is 0 Å². The first kappa shape index (κ1) is 63.9. The molecule has 22 heteroatoms.